The van der Waals surface area contributed by atoms with Gasteiger partial charge in [-0.25, -0.2) is 4.39 Å². The van der Waals surface area contributed by atoms with Crippen LogP contribution in [-0.2, 0) is 13.2 Å². The summed E-state index contributed by atoms with van der Waals surface area (Å²) >= 11 is 0. The second-order valence-corrected chi connectivity index (χ2v) is 8.56. The Morgan fingerprint density at radius 1 is 1.08 bits per heavy atom. The van der Waals surface area contributed by atoms with Gasteiger partial charge in [-0.2, -0.15) is 18.3 Å². The van der Waals surface area contributed by atoms with Gasteiger partial charge in [-0.1, -0.05) is 30.3 Å². The van der Waals surface area contributed by atoms with Crippen LogP contribution < -0.4 is 10.6 Å². The summed E-state index contributed by atoms with van der Waals surface area (Å²) in [5, 5.41) is 9.85. The molecule has 1 saturated heterocycles. The minimum absolute atomic E-state index is 0.0241. The number of nitrogens with zero attached hydrogens (tertiary/aromatic N) is 3. The fourth-order valence-electron chi connectivity index (χ4n) is 4.06. The average Bonchev–Trinajstić information content (AvgIpc) is 3.24. The first-order valence-corrected chi connectivity index (χ1v) is 11.2. The molecule has 0 atom stereocenters. The maximum absolute atomic E-state index is 14.9. The number of anilines is 1. The molecule has 0 spiro atoms. The number of aromatic nitrogens is 3. The molecule has 1 aliphatic heterocycles. The first kappa shape index (κ1) is 23.7. The molecule has 3 heterocycles. The highest BCUT2D eigenvalue weighted by Crippen LogP contribution is 2.38. The monoisotopic (exact) mass is 495 g/mol. The van der Waals surface area contributed by atoms with Gasteiger partial charge in [-0.05, 0) is 30.3 Å². The fraction of sp³-hybridized carbons (Fsp3) is 0.192. The molecule has 36 heavy (non-hydrogen) atoms. The van der Waals surface area contributed by atoms with Crippen molar-refractivity contribution in [3.63, 3.8) is 0 Å². The zero-order valence-corrected chi connectivity index (χ0v) is 19.1. The van der Waals surface area contributed by atoms with E-state index in [1.54, 1.807) is 19.2 Å². The molecule has 2 aromatic carbocycles. The molecule has 2 N–H and O–H groups in total. The fourth-order valence-corrected chi connectivity index (χ4v) is 4.06. The first-order valence-electron chi connectivity index (χ1n) is 11.2. The van der Waals surface area contributed by atoms with Gasteiger partial charge in [0, 0.05) is 49.1 Å². The lowest BCUT2D eigenvalue weighted by molar-refractivity contribution is -0.137. The number of halogens is 4. The number of hydrogen-bond acceptors (Lipinski definition) is 4. The Morgan fingerprint density at radius 2 is 1.83 bits per heavy atom. The molecule has 6 nitrogen and oxygen atoms in total. The predicted molar refractivity (Wildman–Crippen MR) is 127 cm³/mol. The van der Waals surface area contributed by atoms with Crippen molar-refractivity contribution in [1.29, 1.82) is 0 Å². The maximum atomic E-state index is 14.9. The van der Waals surface area contributed by atoms with Gasteiger partial charge in [0.15, 0.2) is 0 Å². The van der Waals surface area contributed by atoms with Crippen LogP contribution in [0.3, 0.4) is 0 Å². The van der Waals surface area contributed by atoms with Gasteiger partial charge in [0.05, 0.1) is 28.2 Å². The summed E-state index contributed by atoms with van der Waals surface area (Å²) in [6.07, 6.45) is -3.37. The standard InChI is InChI=1S/C26H21F4N5O/c1-35-10-9-22(34-35)17-11-18(20(27)12-19(17)26(28,29)30)25(36)33-23-8-7-21(16-13-31-14-16)32-24(23)15-5-3-2-4-6-15/h2-12,16,31H,13-14H2,1H3,(H,33,36). The van der Waals surface area contributed by atoms with Crippen LogP contribution in [0, 0.1) is 5.82 Å². The Bertz CT molecular complexity index is 1430. The van der Waals surface area contributed by atoms with Crippen LogP contribution in [-0.4, -0.2) is 33.8 Å². The molecular formula is C26H21F4N5O. The minimum Gasteiger partial charge on any atom is -0.320 e. The third kappa shape index (κ3) is 4.59. The Kier molecular flexibility index (Phi) is 6.05. The molecule has 2 aromatic heterocycles. The normalized spacial score (nSPS) is 13.9. The van der Waals surface area contributed by atoms with E-state index in [0.29, 0.717) is 17.4 Å². The van der Waals surface area contributed by atoms with Crippen molar-refractivity contribution in [3.05, 3.63) is 89.5 Å². The Morgan fingerprint density at radius 3 is 2.44 bits per heavy atom. The highest BCUT2D eigenvalue weighted by Gasteiger charge is 2.36. The molecule has 0 aliphatic carbocycles. The quantitative estimate of drug-likeness (QED) is 0.371. The molecule has 184 valence electrons. The summed E-state index contributed by atoms with van der Waals surface area (Å²) in [5.41, 5.74) is 0.252. The molecule has 1 fully saturated rings. The van der Waals surface area contributed by atoms with Gasteiger partial charge >= 0.3 is 6.18 Å². The second-order valence-electron chi connectivity index (χ2n) is 8.56. The van der Waals surface area contributed by atoms with Crippen molar-refractivity contribution < 1.29 is 22.4 Å². The molecule has 1 amide bonds. The molecule has 0 bridgehead atoms. The molecule has 4 aromatic rings. The van der Waals surface area contributed by atoms with Gasteiger partial charge < -0.3 is 10.6 Å². The molecular weight excluding hydrogens is 474 g/mol. The highest BCUT2D eigenvalue weighted by atomic mass is 19.4. The SMILES string of the molecule is Cn1ccc(-c2cc(C(=O)Nc3ccc(C4CNC4)nc3-c3ccccc3)c(F)cc2C(F)(F)F)n1. The number of benzene rings is 2. The highest BCUT2D eigenvalue weighted by molar-refractivity contribution is 6.07. The van der Waals surface area contributed by atoms with E-state index in [-0.39, 0.29) is 17.2 Å². The van der Waals surface area contributed by atoms with Crippen molar-refractivity contribution in [2.45, 2.75) is 12.1 Å². The van der Waals surface area contributed by atoms with Gasteiger partial charge in [0.25, 0.3) is 5.91 Å². The molecule has 10 heteroatoms. The van der Waals surface area contributed by atoms with E-state index in [0.717, 1.165) is 30.4 Å². The molecule has 1 aliphatic rings. The minimum atomic E-state index is -4.83. The number of amides is 1. The lowest BCUT2D eigenvalue weighted by Crippen LogP contribution is -2.40. The zero-order valence-electron chi connectivity index (χ0n) is 19.1. The second kappa shape index (κ2) is 9.19. The summed E-state index contributed by atoms with van der Waals surface area (Å²) in [5.74, 6) is -1.94. The molecule has 0 radical (unpaired) electrons. The number of alkyl halides is 3. The van der Waals surface area contributed by atoms with Crippen molar-refractivity contribution in [2.24, 2.45) is 7.05 Å². The van der Waals surface area contributed by atoms with E-state index >= 15 is 0 Å². The number of carbonyl (C=O) groups excluding carboxylic acids is 1. The molecule has 0 saturated carbocycles. The summed E-state index contributed by atoms with van der Waals surface area (Å²) in [7, 11) is 1.55. The largest absolute Gasteiger partial charge is 0.417 e. The van der Waals surface area contributed by atoms with Crippen LogP contribution in [0.2, 0.25) is 0 Å². The van der Waals surface area contributed by atoms with Gasteiger partial charge in [-0.15, -0.1) is 0 Å². The van der Waals surface area contributed by atoms with Crippen LogP contribution in [0.25, 0.3) is 22.5 Å². The third-order valence-corrected chi connectivity index (χ3v) is 6.06. The third-order valence-electron chi connectivity index (χ3n) is 6.06. The number of hydrogen-bond donors (Lipinski definition) is 2. The van der Waals surface area contributed by atoms with Crippen LogP contribution in [0.5, 0.6) is 0 Å². The van der Waals surface area contributed by atoms with Crippen LogP contribution in [0.4, 0.5) is 23.2 Å². The summed E-state index contributed by atoms with van der Waals surface area (Å²) < 4.78 is 57.2. The van der Waals surface area contributed by atoms with Gasteiger partial charge in [0.1, 0.15) is 5.82 Å². The maximum Gasteiger partial charge on any atom is 0.417 e. The summed E-state index contributed by atoms with van der Waals surface area (Å²) in [6.45, 7) is 1.58. The van der Waals surface area contributed by atoms with Gasteiger partial charge in [-0.3, -0.25) is 14.5 Å². The Balaban J connectivity index is 1.55. The van der Waals surface area contributed by atoms with Gasteiger partial charge in [0.2, 0.25) is 0 Å². The van der Waals surface area contributed by atoms with Crippen molar-refractivity contribution in [3.8, 4) is 22.5 Å². The number of carbonyl (C=O) groups is 1. The van der Waals surface area contributed by atoms with Crippen LogP contribution >= 0.6 is 0 Å². The van der Waals surface area contributed by atoms with E-state index < -0.39 is 29.0 Å². The smallest absolute Gasteiger partial charge is 0.320 e. The lowest BCUT2D eigenvalue weighted by Gasteiger charge is -2.27. The van der Waals surface area contributed by atoms with Crippen molar-refractivity contribution in [1.82, 2.24) is 20.1 Å². The lowest BCUT2D eigenvalue weighted by atomic mass is 9.97. The molecule has 5 rings (SSSR count). The van der Waals surface area contributed by atoms with Crippen LogP contribution in [0.15, 0.2) is 66.9 Å². The van der Waals surface area contributed by atoms with E-state index in [4.69, 9.17) is 4.98 Å². The Hall–Kier alpha value is -4.05. The van der Waals surface area contributed by atoms with Crippen molar-refractivity contribution in [2.75, 3.05) is 18.4 Å². The summed E-state index contributed by atoms with van der Waals surface area (Å²) in [6, 6.07) is 15.2. The van der Waals surface area contributed by atoms with Crippen molar-refractivity contribution >= 4 is 11.6 Å². The predicted octanol–water partition coefficient (Wildman–Crippen LogP) is 5.25. The number of aryl methyl sites for hydroxylation is 1. The van der Waals surface area contributed by atoms with E-state index in [1.807, 2.05) is 30.3 Å². The van der Waals surface area contributed by atoms with Crippen LogP contribution in [0.1, 0.15) is 27.5 Å². The zero-order chi connectivity index (χ0) is 25.4. The summed E-state index contributed by atoms with van der Waals surface area (Å²) in [4.78, 5) is 17.9. The topological polar surface area (TPSA) is 71.8 Å². The first-order chi connectivity index (χ1) is 17.2. The number of pyridine rings is 1. The average molecular weight is 495 g/mol. The van der Waals surface area contributed by atoms with E-state index in [2.05, 4.69) is 15.7 Å². The number of rotatable bonds is 5. The number of nitrogens with one attached hydrogen (secondary N) is 2. The van der Waals surface area contributed by atoms with E-state index in [1.165, 1.54) is 16.9 Å². The van der Waals surface area contributed by atoms with E-state index in [9.17, 15) is 22.4 Å². The Labute approximate surface area is 204 Å². The molecule has 0 unspecified atom stereocenters.